The van der Waals surface area contributed by atoms with Crippen LogP contribution in [0.2, 0.25) is 5.02 Å². The fourth-order valence-corrected chi connectivity index (χ4v) is 5.83. The van der Waals surface area contributed by atoms with Crippen molar-refractivity contribution in [3.05, 3.63) is 63.7 Å². The standard InChI is InChI=1S/C32H44ClN3O4/c1-22(2)27-8-6-26(7-9-27)19-35-14-15-40-32(20-35,21-39-29-16-23(3)31(33)24(4)17-29)18-30(38)36-12-10-28(11-13-36)34-25(5)37/h6-9,16-17,22,28H,10-15,18-21H2,1-5H3,(H,34,37). The van der Waals surface area contributed by atoms with Gasteiger partial charge in [-0.3, -0.25) is 14.5 Å². The minimum absolute atomic E-state index is 0.0249. The van der Waals surface area contributed by atoms with Crippen LogP contribution in [0.15, 0.2) is 36.4 Å². The third-order valence-electron chi connectivity index (χ3n) is 8.02. The van der Waals surface area contributed by atoms with Gasteiger partial charge in [-0.05, 0) is 67.0 Å². The summed E-state index contributed by atoms with van der Waals surface area (Å²) in [5.41, 5.74) is 3.72. The predicted octanol–water partition coefficient (Wildman–Crippen LogP) is 5.25. The summed E-state index contributed by atoms with van der Waals surface area (Å²) in [6.45, 7) is 14.1. The van der Waals surface area contributed by atoms with Crippen LogP contribution in [0.1, 0.15) is 68.2 Å². The number of ether oxygens (including phenoxy) is 2. The highest BCUT2D eigenvalue weighted by molar-refractivity contribution is 6.32. The highest BCUT2D eigenvalue weighted by Gasteiger charge is 2.41. The number of carbonyl (C=O) groups excluding carboxylic acids is 2. The molecule has 218 valence electrons. The summed E-state index contributed by atoms with van der Waals surface area (Å²) in [6.07, 6.45) is 1.77. The minimum Gasteiger partial charge on any atom is -0.490 e. The summed E-state index contributed by atoms with van der Waals surface area (Å²) in [4.78, 5) is 29.3. The molecule has 2 fully saturated rings. The Morgan fingerprint density at radius 1 is 1.10 bits per heavy atom. The molecule has 2 aromatic carbocycles. The van der Waals surface area contributed by atoms with Gasteiger partial charge in [0, 0.05) is 50.7 Å². The molecule has 2 amide bonds. The van der Waals surface area contributed by atoms with Crippen molar-refractivity contribution in [3.8, 4) is 5.75 Å². The van der Waals surface area contributed by atoms with Gasteiger partial charge in [-0.25, -0.2) is 0 Å². The first-order valence-corrected chi connectivity index (χ1v) is 14.8. The first-order chi connectivity index (χ1) is 19.0. The maximum Gasteiger partial charge on any atom is 0.225 e. The van der Waals surface area contributed by atoms with Gasteiger partial charge < -0.3 is 19.7 Å². The van der Waals surface area contributed by atoms with Crippen molar-refractivity contribution >= 4 is 23.4 Å². The Labute approximate surface area is 244 Å². The van der Waals surface area contributed by atoms with Crippen LogP contribution in [-0.2, 0) is 20.9 Å². The van der Waals surface area contributed by atoms with Crippen LogP contribution in [-0.4, -0.2) is 72.6 Å². The second-order valence-electron chi connectivity index (χ2n) is 11.8. The second-order valence-corrected chi connectivity index (χ2v) is 12.2. The molecule has 8 heteroatoms. The van der Waals surface area contributed by atoms with Crippen molar-refractivity contribution in [3.63, 3.8) is 0 Å². The average molecular weight is 570 g/mol. The number of carbonyl (C=O) groups is 2. The fourth-order valence-electron chi connectivity index (χ4n) is 5.72. The molecule has 7 nitrogen and oxygen atoms in total. The van der Waals surface area contributed by atoms with E-state index in [1.54, 1.807) is 0 Å². The summed E-state index contributed by atoms with van der Waals surface area (Å²) in [7, 11) is 0. The van der Waals surface area contributed by atoms with Crippen LogP contribution < -0.4 is 10.1 Å². The van der Waals surface area contributed by atoms with E-state index in [0.717, 1.165) is 47.8 Å². The van der Waals surface area contributed by atoms with Crippen molar-refractivity contribution in [2.45, 2.75) is 78.0 Å². The van der Waals surface area contributed by atoms with Crippen LogP contribution >= 0.6 is 11.6 Å². The number of benzene rings is 2. The molecular weight excluding hydrogens is 526 g/mol. The quantitative estimate of drug-likeness (QED) is 0.447. The molecule has 0 aliphatic carbocycles. The van der Waals surface area contributed by atoms with E-state index < -0.39 is 5.60 Å². The van der Waals surface area contributed by atoms with Crippen molar-refractivity contribution in [1.29, 1.82) is 0 Å². The zero-order chi connectivity index (χ0) is 28.9. The summed E-state index contributed by atoms with van der Waals surface area (Å²) in [6, 6.07) is 12.8. The molecule has 0 aromatic heterocycles. The van der Waals surface area contributed by atoms with E-state index in [0.29, 0.717) is 32.2 Å². The van der Waals surface area contributed by atoms with E-state index in [1.165, 1.54) is 18.1 Å². The topological polar surface area (TPSA) is 71.1 Å². The van der Waals surface area contributed by atoms with Gasteiger partial charge in [0.15, 0.2) is 0 Å². The van der Waals surface area contributed by atoms with Crippen LogP contribution in [0.5, 0.6) is 5.75 Å². The molecule has 40 heavy (non-hydrogen) atoms. The molecule has 1 atom stereocenters. The van der Waals surface area contributed by atoms with Crippen LogP contribution in [0.25, 0.3) is 0 Å². The van der Waals surface area contributed by atoms with E-state index in [9.17, 15) is 9.59 Å². The summed E-state index contributed by atoms with van der Waals surface area (Å²) < 4.78 is 12.8. The molecule has 0 bridgehead atoms. The zero-order valence-corrected chi connectivity index (χ0v) is 25.4. The first-order valence-electron chi connectivity index (χ1n) is 14.4. The Morgan fingerprint density at radius 2 is 1.75 bits per heavy atom. The van der Waals surface area contributed by atoms with E-state index in [1.807, 2.05) is 30.9 Å². The number of likely N-dealkylation sites (tertiary alicyclic amines) is 1. The van der Waals surface area contributed by atoms with E-state index in [4.69, 9.17) is 21.1 Å². The molecule has 2 heterocycles. The Morgan fingerprint density at radius 3 is 2.35 bits per heavy atom. The zero-order valence-electron chi connectivity index (χ0n) is 24.6. The highest BCUT2D eigenvalue weighted by atomic mass is 35.5. The molecule has 0 saturated carbocycles. The Hall–Kier alpha value is -2.61. The highest BCUT2D eigenvalue weighted by Crippen LogP contribution is 2.30. The number of halogens is 1. The maximum atomic E-state index is 13.6. The SMILES string of the molecule is CC(=O)NC1CCN(C(=O)CC2(COc3cc(C)c(Cl)c(C)c3)CN(Cc3ccc(C(C)C)cc3)CCO2)CC1. The van der Waals surface area contributed by atoms with Crippen molar-refractivity contribution < 1.29 is 19.1 Å². The van der Waals surface area contributed by atoms with Crippen LogP contribution in [0.3, 0.4) is 0 Å². The largest absolute Gasteiger partial charge is 0.490 e. The van der Waals surface area contributed by atoms with Gasteiger partial charge in [0.1, 0.15) is 18.0 Å². The second kappa shape index (κ2) is 13.4. The molecule has 2 aliphatic rings. The lowest BCUT2D eigenvalue weighted by atomic mass is 9.95. The smallest absolute Gasteiger partial charge is 0.225 e. The lowest BCUT2D eigenvalue weighted by molar-refractivity contribution is -0.157. The summed E-state index contributed by atoms with van der Waals surface area (Å²) in [5.74, 6) is 1.27. The summed E-state index contributed by atoms with van der Waals surface area (Å²) >= 11 is 6.38. The van der Waals surface area contributed by atoms with E-state index in [2.05, 4.69) is 48.3 Å². The number of nitrogens with one attached hydrogen (secondary N) is 1. The number of hydrogen-bond acceptors (Lipinski definition) is 5. The van der Waals surface area contributed by atoms with Crippen molar-refractivity contribution in [2.24, 2.45) is 0 Å². The van der Waals surface area contributed by atoms with Gasteiger partial charge in [-0.2, -0.15) is 0 Å². The van der Waals surface area contributed by atoms with E-state index in [-0.39, 0.29) is 30.9 Å². The normalized spacial score (nSPS) is 20.5. The summed E-state index contributed by atoms with van der Waals surface area (Å²) in [5, 5.41) is 3.72. The van der Waals surface area contributed by atoms with E-state index >= 15 is 0 Å². The van der Waals surface area contributed by atoms with Crippen molar-refractivity contribution in [1.82, 2.24) is 15.1 Å². The predicted molar refractivity (Wildman–Crippen MR) is 159 cm³/mol. The van der Waals surface area contributed by atoms with Crippen LogP contribution in [0.4, 0.5) is 0 Å². The number of rotatable bonds is 9. The molecule has 1 unspecified atom stereocenters. The molecule has 2 aromatic rings. The molecular formula is C32H44ClN3O4. The Bertz CT molecular complexity index is 1150. The number of piperidine rings is 1. The number of morpholine rings is 1. The molecule has 2 saturated heterocycles. The van der Waals surface area contributed by atoms with Crippen molar-refractivity contribution in [2.75, 3.05) is 39.4 Å². The van der Waals surface area contributed by atoms with Gasteiger partial charge in [0.25, 0.3) is 0 Å². The number of nitrogens with zero attached hydrogens (tertiary/aromatic N) is 2. The number of amides is 2. The fraction of sp³-hybridized carbons (Fsp3) is 0.562. The lowest BCUT2D eigenvalue weighted by Crippen LogP contribution is -2.57. The van der Waals surface area contributed by atoms with Gasteiger partial charge in [0.05, 0.1) is 13.0 Å². The molecule has 0 radical (unpaired) electrons. The molecule has 0 spiro atoms. The lowest BCUT2D eigenvalue weighted by Gasteiger charge is -2.43. The average Bonchev–Trinajstić information content (AvgIpc) is 2.91. The Balaban J connectivity index is 1.48. The monoisotopic (exact) mass is 569 g/mol. The maximum absolute atomic E-state index is 13.6. The molecule has 4 rings (SSSR count). The third-order valence-corrected chi connectivity index (χ3v) is 8.62. The first kappa shape index (κ1) is 30.4. The third kappa shape index (κ3) is 7.99. The van der Waals surface area contributed by atoms with Gasteiger partial charge in [-0.15, -0.1) is 0 Å². The Kier molecular flexibility index (Phi) is 10.1. The van der Waals surface area contributed by atoms with Crippen LogP contribution in [0, 0.1) is 13.8 Å². The van der Waals surface area contributed by atoms with Gasteiger partial charge in [-0.1, -0.05) is 49.7 Å². The molecule has 1 N–H and O–H groups in total. The molecule has 2 aliphatic heterocycles. The number of hydrogen-bond donors (Lipinski definition) is 1. The number of aryl methyl sites for hydroxylation is 2. The van der Waals surface area contributed by atoms with Gasteiger partial charge >= 0.3 is 0 Å². The minimum atomic E-state index is -0.775. The van der Waals surface area contributed by atoms with Gasteiger partial charge in [0.2, 0.25) is 11.8 Å².